The van der Waals surface area contributed by atoms with Gasteiger partial charge in [0.15, 0.2) is 0 Å². The number of hydrogen-bond donors (Lipinski definition) is 0. The van der Waals surface area contributed by atoms with Crippen LogP contribution < -0.4 is 0 Å². The quantitative estimate of drug-likeness (QED) is 0.759. The summed E-state index contributed by atoms with van der Waals surface area (Å²) in [6.45, 7) is 4.25. The Labute approximate surface area is 97.3 Å². The SMILES string of the molecule is CCc1nc(C#N)c(CC)c2c1CCCC2. The minimum absolute atomic E-state index is 0.667. The first-order valence-electron chi connectivity index (χ1n) is 6.25. The molecule has 0 fully saturated rings. The van der Waals surface area contributed by atoms with E-state index in [-0.39, 0.29) is 0 Å². The lowest BCUT2D eigenvalue weighted by molar-refractivity contribution is 0.664. The summed E-state index contributed by atoms with van der Waals surface area (Å²) in [7, 11) is 0. The summed E-state index contributed by atoms with van der Waals surface area (Å²) in [6, 6.07) is 2.26. The van der Waals surface area contributed by atoms with Gasteiger partial charge in [-0.15, -0.1) is 0 Å². The Bertz CT molecular complexity index is 441. The highest BCUT2D eigenvalue weighted by atomic mass is 14.7. The average Bonchev–Trinajstić information content (AvgIpc) is 2.36. The second kappa shape index (κ2) is 4.65. The molecule has 0 amide bonds. The Morgan fingerprint density at radius 2 is 1.81 bits per heavy atom. The van der Waals surface area contributed by atoms with E-state index in [9.17, 15) is 0 Å². The second-order valence-corrected chi connectivity index (χ2v) is 4.37. The van der Waals surface area contributed by atoms with Crippen LogP contribution in [0.2, 0.25) is 0 Å². The fraction of sp³-hybridized carbons (Fsp3) is 0.571. The number of hydrogen-bond acceptors (Lipinski definition) is 2. The second-order valence-electron chi connectivity index (χ2n) is 4.37. The maximum absolute atomic E-state index is 9.16. The molecule has 0 saturated carbocycles. The first-order chi connectivity index (χ1) is 7.81. The van der Waals surface area contributed by atoms with Crippen LogP contribution in [0.25, 0.3) is 0 Å². The highest BCUT2D eigenvalue weighted by molar-refractivity contribution is 5.46. The molecule has 0 radical (unpaired) electrons. The van der Waals surface area contributed by atoms with Gasteiger partial charge in [0.05, 0.1) is 0 Å². The monoisotopic (exact) mass is 214 g/mol. The number of aromatic nitrogens is 1. The highest BCUT2D eigenvalue weighted by Gasteiger charge is 2.19. The summed E-state index contributed by atoms with van der Waals surface area (Å²) in [6.07, 6.45) is 6.71. The number of nitriles is 1. The van der Waals surface area contributed by atoms with Crippen molar-refractivity contribution in [1.29, 1.82) is 5.26 Å². The van der Waals surface area contributed by atoms with Crippen molar-refractivity contribution in [3.8, 4) is 6.07 Å². The fourth-order valence-corrected chi connectivity index (χ4v) is 2.74. The summed E-state index contributed by atoms with van der Waals surface area (Å²) in [5, 5.41) is 9.16. The zero-order valence-corrected chi connectivity index (χ0v) is 10.1. The van der Waals surface area contributed by atoms with Gasteiger partial charge in [-0.2, -0.15) is 5.26 Å². The lowest BCUT2D eigenvalue weighted by atomic mass is 9.85. The molecule has 0 atom stereocenters. The van der Waals surface area contributed by atoms with Crippen molar-refractivity contribution in [3.05, 3.63) is 28.1 Å². The van der Waals surface area contributed by atoms with Crippen molar-refractivity contribution in [2.24, 2.45) is 0 Å². The first-order valence-corrected chi connectivity index (χ1v) is 6.25. The Morgan fingerprint density at radius 1 is 1.12 bits per heavy atom. The molecule has 1 aromatic rings. The van der Waals surface area contributed by atoms with Crippen LogP contribution in [-0.4, -0.2) is 4.98 Å². The van der Waals surface area contributed by atoms with Gasteiger partial charge in [0.2, 0.25) is 0 Å². The van der Waals surface area contributed by atoms with Crippen molar-refractivity contribution in [1.82, 2.24) is 4.98 Å². The number of pyridine rings is 1. The molecule has 0 aromatic carbocycles. The van der Waals surface area contributed by atoms with E-state index in [1.54, 1.807) is 0 Å². The van der Waals surface area contributed by atoms with Crippen molar-refractivity contribution >= 4 is 0 Å². The third-order valence-electron chi connectivity index (χ3n) is 3.51. The molecule has 1 heterocycles. The Kier molecular flexibility index (Phi) is 3.24. The van der Waals surface area contributed by atoms with Gasteiger partial charge in [-0.1, -0.05) is 13.8 Å². The van der Waals surface area contributed by atoms with E-state index < -0.39 is 0 Å². The zero-order valence-electron chi connectivity index (χ0n) is 10.1. The lowest BCUT2D eigenvalue weighted by Crippen LogP contribution is -2.13. The zero-order chi connectivity index (χ0) is 11.5. The van der Waals surface area contributed by atoms with Gasteiger partial charge < -0.3 is 0 Å². The van der Waals surface area contributed by atoms with Gasteiger partial charge in [0, 0.05) is 5.69 Å². The Hall–Kier alpha value is -1.36. The predicted molar refractivity (Wildman–Crippen MR) is 64.4 cm³/mol. The average molecular weight is 214 g/mol. The standard InChI is InChI=1S/C14H18N2/c1-3-10-11-7-5-6-8-12(11)13(4-2)16-14(10)9-15/h3-8H2,1-2H3. The minimum atomic E-state index is 0.667. The number of nitrogens with zero attached hydrogens (tertiary/aromatic N) is 2. The van der Waals surface area contributed by atoms with Gasteiger partial charge >= 0.3 is 0 Å². The molecular weight excluding hydrogens is 196 g/mol. The maximum Gasteiger partial charge on any atom is 0.144 e. The Morgan fingerprint density at radius 3 is 2.38 bits per heavy atom. The molecule has 1 aliphatic carbocycles. The predicted octanol–water partition coefficient (Wildman–Crippen LogP) is 2.96. The van der Waals surface area contributed by atoms with Crippen LogP contribution in [0.15, 0.2) is 0 Å². The van der Waals surface area contributed by atoms with E-state index in [1.807, 2.05) is 0 Å². The van der Waals surface area contributed by atoms with E-state index in [1.165, 1.54) is 29.5 Å². The van der Waals surface area contributed by atoms with Crippen LogP contribution in [0, 0.1) is 11.3 Å². The number of rotatable bonds is 2. The van der Waals surface area contributed by atoms with E-state index in [0.717, 1.165) is 31.4 Å². The van der Waals surface area contributed by atoms with Crippen molar-refractivity contribution in [2.75, 3.05) is 0 Å². The third-order valence-corrected chi connectivity index (χ3v) is 3.51. The van der Waals surface area contributed by atoms with Crippen LogP contribution >= 0.6 is 0 Å². The molecule has 0 aliphatic heterocycles. The molecule has 0 unspecified atom stereocenters. The largest absolute Gasteiger partial charge is 0.242 e. The smallest absolute Gasteiger partial charge is 0.144 e. The normalized spacial score (nSPS) is 14.3. The lowest BCUT2D eigenvalue weighted by Gasteiger charge is -2.22. The highest BCUT2D eigenvalue weighted by Crippen LogP contribution is 2.28. The molecule has 1 aromatic heterocycles. The molecule has 2 rings (SSSR count). The van der Waals surface area contributed by atoms with Gasteiger partial charge in [0.25, 0.3) is 0 Å². The third kappa shape index (κ3) is 1.71. The molecule has 0 spiro atoms. The molecule has 84 valence electrons. The summed E-state index contributed by atoms with van der Waals surface area (Å²) < 4.78 is 0. The van der Waals surface area contributed by atoms with Gasteiger partial charge in [-0.05, 0) is 55.2 Å². The number of fused-ring (bicyclic) bond motifs is 1. The van der Waals surface area contributed by atoms with Crippen LogP contribution in [0.4, 0.5) is 0 Å². The fourth-order valence-electron chi connectivity index (χ4n) is 2.74. The van der Waals surface area contributed by atoms with Gasteiger partial charge in [-0.3, -0.25) is 0 Å². The molecule has 2 heteroatoms. The summed E-state index contributed by atoms with van der Waals surface area (Å²) in [4.78, 5) is 4.53. The minimum Gasteiger partial charge on any atom is -0.242 e. The maximum atomic E-state index is 9.16. The molecule has 16 heavy (non-hydrogen) atoms. The van der Waals surface area contributed by atoms with Crippen LogP contribution in [-0.2, 0) is 25.7 Å². The summed E-state index contributed by atoms with van der Waals surface area (Å²) >= 11 is 0. The van der Waals surface area contributed by atoms with Crippen molar-refractivity contribution in [3.63, 3.8) is 0 Å². The van der Waals surface area contributed by atoms with E-state index >= 15 is 0 Å². The summed E-state index contributed by atoms with van der Waals surface area (Å²) in [5.41, 5.74) is 5.92. The Balaban J connectivity index is 2.66. The molecule has 2 nitrogen and oxygen atoms in total. The van der Waals surface area contributed by atoms with Gasteiger partial charge in [0.1, 0.15) is 11.8 Å². The van der Waals surface area contributed by atoms with Crippen LogP contribution in [0.5, 0.6) is 0 Å². The van der Waals surface area contributed by atoms with Gasteiger partial charge in [-0.25, -0.2) is 4.98 Å². The van der Waals surface area contributed by atoms with Crippen LogP contribution in [0.3, 0.4) is 0 Å². The summed E-state index contributed by atoms with van der Waals surface area (Å²) in [5.74, 6) is 0. The molecular formula is C14H18N2. The van der Waals surface area contributed by atoms with E-state index in [2.05, 4.69) is 24.9 Å². The first kappa shape index (κ1) is 11.1. The molecule has 0 N–H and O–H groups in total. The van der Waals surface area contributed by atoms with Crippen molar-refractivity contribution in [2.45, 2.75) is 52.4 Å². The van der Waals surface area contributed by atoms with E-state index in [4.69, 9.17) is 5.26 Å². The van der Waals surface area contributed by atoms with Crippen molar-refractivity contribution < 1.29 is 0 Å². The molecule has 1 aliphatic rings. The topological polar surface area (TPSA) is 36.7 Å². The molecule has 0 saturated heterocycles. The number of aryl methyl sites for hydroxylation is 1. The molecule has 0 bridgehead atoms. The van der Waals surface area contributed by atoms with Crippen LogP contribution in [0.1, 0.15) is 54.8 Å². The van der Waals surface area contributed by atoms with E-state index in [0.29, 0.717) is 5.69 Å².